The lowest BCUT2D eigenvalue weighted by molar-refractivity contribution is 0.373. The summed E-state index contributed by atoms with van der Waals surface area (Å²) in [4.78, 5) is 15.4. The molecule has 2 aliphatic rings. The first-order valence-electron chi connectivity index (χ1n) is 19.6. The van der Waals surface area contributed by atoms with Crippen LogP contribution in [0.15, 0.2) is 192 Å². The lowest BCUT2D eigenvalue weighted by Crippen LogP contribution is -2.33. The first-order valence-corrected chi connectivity index (χ1v) is 19.6. The molecule has 0 radical (unpaired) electrons. The standard InChI is InChI=1S/C52H34N4O2/c1-52(51-54-49(32-14-4-2-5-15-32)53-50(55-51)33-16-6-3-7-17-33)29-13-24-46-48(52)39-31-35(26-28-44(39)58-46)34-25-27-41-38(30-34)36-18-8-10-20-40(36)56(41)42-21-12-23-45-47(42)37-19-9-11-22-43(37)57-45/h2-31,48H,1H3. The molecule has 0 N–H and O–H groups in total. The SMILES string of the molecule is CC1(c2nc(-c3ccccc3)nc(-c3ccccc3)n2)C=CC=C2Oc3ccc(-c4ccc5c(c4)c4ccccc4n5-c4cccc5oc6ccccc6c45)cc3C21. The zero-order chi connectivity index (χ0) is 38.4. The van der Waals surface area contributed by atoms with E-state index in [9.17, 15) is 0 Å². The molecule has 7 aromatic carbocycles. The minimum atomic E-state index is -0.625. The number of nitrogens with zero attached hydrogens (tertiary/aromatic N) is 4. The topological polar surface area (TPSA) is 66.0 Å². The summed E-state index contributed by atoms with van der Waals surface area (Å²) < 4.78 is 15.3. The van der Waals surface area contributed by atoms with E-state index in [1.165, 1.54) is 10.8 Å². The third-order valence-corrected chi connectivity index (χ3v) is 11.9. The lowest BCUT2D eigenvalue weighted by Gasteiger charge is -2.33. The van der Waals surface area contributed by atoms with Gasteiger partial charge < -0.3 is 13.7 Å². The highest BCUT2D eigenvalue weighted by Gasteiger charge is 2.47. The number of allylic oxidation sites excluding steroid dienone is 4. The van der Waals surface area contributed by atoms with E-state index in [1.54, 1.807) is 0 Å². The van der Waals surface area contributed by atoms with Gasteiger partial charge in [0.15, 0.2) is 11.6 Å². The number of hydrogen-bond donors (Lipinski definition) is 0. The molecule has 4 heterocycles. The summed E-state index contributed by atoms with van der Waals surface area (Å²) in [6.07, 6.45) is 6.37. The largest absolute Gasteiger partial charge is 0.461 e. The van der Waals surface area contributed by atoms with Crippen LogP contribution in [0.25, 0.3) is 83.3 Å². The molecule has 0 amide bonds. The van der Waals surface area contributed by atoms with Gasteiger partial charge in [0.25, 0.3) is 0 Å². The third kappa shape index (κ3) is 4.88. The van der Waals surface area contributed by atoms with Crippen LogP contribution in [0.4, 0.5) is 0 Å². The zero-order valence-corrected chi connectivity index (χ0v) is 31.5. The average molecular weight is 747 g/mol. The van der Waals surface area contributed by atoms with Crippen LogP contribution in [0.3, 0.4) is 0 Å². The maximum atomic E-state index is 6.62. The Labute approximate surface area is 334 Å². The highest BCUT2D eigenvalue weighted by atomic mass is 16.5. The van der Waals surface area contributed by atoms with Crippen LogP contribution in [0.5, 0.6) is 5.75 Å². The van der Waals surface area contributed by atoms with Crippen molar-refractivity contribution in [1.29, 1.82) is 0 Å². The van der Waals surface area contributed by atoms with Gasteiger partial charge in [0.2, 0.25) is 0 Å². The van der Waals surface area contributed by atoms with Gasteiger partial charge in [-0.2, -0.15) is 0 Å². The van der Waals surface area contributed by atoms with Gasteiger partial charge in [0, 0.05) is 32.8 Å². The summed E-state index contributed by atoms with van der Waals surface area (Å²) >= 11 is 0. The number of fused-ring (bicyclic) bond motifs is 9. The van der Waals surface area contributed by atoms with Crippen molar-refractivity contribution < 1.29 is 9.15 Å². The van der Waals surface area contributed by atoms with Crippen LogP contribution >= 0.6 is 0 Å². The molecular weight excluding hydrogens is 713 g/mol. The molecule has 0 spiro atoms. The van der Waals surface area contributed by atoms with Crippen LogP contribution in [-0.2, 0) is 5.41 Å². The number of rotatable bonds is 5. The molecule has 10 aromatic rings. The zero-order valence-electron chi connectivity index (χ0n) is 31.5. The molecule has 58 heavy (non-hydrogen) atoms. The fraction of sp³-hybridized carbons (Fsp3) is 0.0577. The van der Waals surface area contributed by atoms with Gasteiger partial charge in [-0.05, 0) is 72.7 Å². The Morgan fingerprint density at radius 2 is 1.21 bits per heavy atom. The molecule has 6 nitrogen and oxygen atoms in total. The summed E-state index contributed by atoms with van der Waals surface area (Å²) in [5.41, 5.74) is 9.78. The van der Waals surface area contributed by atoms with Gasteiger partial charge in [-0.1, -0.05) is 127 Å². The Hall–Kier alpha value is -7.57. The van der Waals surface area contributed by atoms with Crippen LogP contribution in [0, 0.1) is 0 Å². The minimum absolute atomic E-state index is 0.141. The van der Waals surface area contributed by atoms with E-state index in [4.69, 9.17) is 24.1 Å². The molecule has 0 bridgehead atoms. The Kier molecular flexibility index (Phi) is 7.02. The summed E-state index contributed by atoms with van der Waals surface area (Å²) in [5, 5.41) is 4.61. The van der Waals surface area contributed by atoms with E-state index in [1.807, 2.05) is 72.8 Å². The molecular formula is C52H34N4O2. The molecule has 274 valence electrons. The molecule has 2 unspecified atom stereocenters. The lowest BCUT2D eigenvalue weighted by atomic mass is 9.70. The molecule has 0 saturated heterocycles. The van der Waals surface area contributed by atoms with E-state index in [2.05, 4.69) is 121 Å². The molecule has 0 fully saturated rings. The van der Waals surface area contributed by atoms with Crippen LogP contribution in [0.1, 0.15) is 24.2 Å². The van der Waals surface area contributed by atoms with Gasteiger partial charge in [0.1, 0.15) is 28.5 Å². The number of furan rings is 1. The van der Waals surface area contributed by atoms with Gasteiger partial charge >= 0.3 is 0 Å². The predicted molar refractivity (Wildman–Crippen MR) is 232 cm³/mol. The van der Waals surface area contributed by atoms with Crippen molar-refractivity contribution in [3.63, 3.8) is 0 Å². The van der Waals surface area contributed by atoms with Crippen LogP contribution in [0.2, 0.25) is 0 Å². The van der Waals surface area contributed by atoms with Crippen LogP contribution < -0.4 is 4.74 Å². The van der Waals surface area contributed by atoms with Gasteiger partial charge in [-0.15, -0.1) is 0 Å². The summed E-state index contributed by atoms with van der Waals surface area (Å²) in [5.74, 6) is 3.59. The van der Waals surface area contributed by atoms with Gasteiger partial charge in [-0.25, -0.2) is 15.0 Å². The monoisotopic (exact) mass is 746 g/mol. The van der Waals surface area contributed by atoms with Crippen molar-refractivity contribution >= 4 is 43.7 Å². The fourth-order valence-electron chi connectivity index (χ4n) is 9.18. The second-order valence-corrected chi connectivity index (χ2v) is 15.4. The Morgan fingerprint density at radius 1 is 0.552 bits per heavy atom. The first-order chi connectivity index (χ1) is 28.6. The summed E-state index contributed by atoms with van der Waals surface area (Å²) in [7, 11) is 0. The van der Waals surface area contributed by atoms with Gasteiger partial charge in [0.05, 0.1) is 33.4 Å². The van der Waals surface area contributed by atoms with Crippen molar-refractivity contribution in [1.82, 2.24) is 19.5 Å². The van der Waals surface area contributed by atoms with E-state index in [0.717, 1.165) is 78.0 Å². The summed E-state index contributed by atoms with van der Waals surface area (Å²) in [6.45, 7) is 2.22. The number of benzene rings is 7. The molecule has 1 aliphatic carbocycles. The predicted octanol–water partition coefficient (Wildman–Crippen LogP) is 12.8. The van der Waals surface area contributed by atoms with E-state index in [-0.39, 0.29) is 5.92 Å². The minimum Gasteiger partial charge on any atom is -0.461 e. The smallest absolute Gasteiger partial charge is 0.163 e. The Morgan fingerprint density at radius 3 is 2.00 bits per heavy atom. The normalized spacial score (nSPS) is 17.1. The quantitative estimate of drug-likeness (QED) is 0.175. The van der Waals surface area contributed by atoms with Crippen molar-refractivity contribution in [3.05, 3.63) is 199 Å². The van der Waals surface area contributed by atoms with Gasteiger partial charge in [-0.3, -0.25) is 0 Å². The van der Waals surface area contributed by atoms with Crippen LogP contribution in [-0.4, -0.2) is 19.5 Å². The maximum Gasteiger partial charge on any atom is 0.163 e. The third-order valence-electron chi connectivity index (χ3n) is 11.9. The molecule has 3 aromatic heterocycles. The average Bonchev–Trinajstić information content (AvgIpc) is 3.96. The first kappa shape index (κ1) is 32.7. The maximum absolute atomic E-state index is 6.62. The number of ether oxygens (including phenoxy) is 1. The Balaban J connectivity index is 0.997. The van der Waals surface area contributed by atoms with Crippen molar-refractivity contribution in [2.24, 2.45) is 0 Å². The Bertz CT molecular complexity index is 3280. The molecule has 2 atom stereocenters. The van der Waals surface area contributed by atoms with E-state index < -0.39 is 5.41 Å². The van der Waals surface area contributed by atoms with Crippen molar-refractivity contribution in [2.45, 2.75) is 18.3 Å². The second-order valence-electron chi connectivity index (χ2n) is 15.4. The molecule has 1 aliphatic heterocycles. The molecule has 0 saturated carbocycles. The molecule has 12 rings (SSSR count). The highest BCUT2D eigenvalue weighted by Crippen LogP contribution is 2.54. The number of aromatic nitrogens is 4. The number of hydrogen-bond acceptors (Lipinski definition) is 5. The van der Waals surface area contributed by atoms with E-state index in [0.29, 0.717) is 17.5 Å². The number of para-hydroxylation sites is 2. The summed E-state index contributed by atoms with van der Waals surface area (Å²) in [6, 6.07) is 57.0. The van der Waals surface area contributed by atoms with Crippen molar-refractivity contribution in [3.8, 4) is 45.3 Å². The fourth-order valence-corrected chi connectivity index (χ4v) is 9.18. The van der Waals surface area contributed by atoms with E-state index >= 15 is 0 Å². The highest BCUT2D eigenvalue weighted by molar-refractivity contribution is 6.15. The van der Waals surface area contributed by atoms with Crippen molar-refractivity contribution in [2.75, 3.05) is 0 Å². The second kappa shape index (κ2) is 12.5. The molecule has 6 heteroatoms.